The van der Waals surface area contributed by atoms with Gasteiger partial charge in [-0.15, -0.1) is 17.7 Å². The van der Waals surface area contributed by atoms with Crippen LogP contribution in [0.3, 0.4) is 0 Å². The van der Waals surface area contributed by atoms with Crippen LogP contribution in [0.5, 0.6) is 5.75 Å². The maximum absolute atomic E-state index is 13.3. The second-order valence-electron chi connectivity index (χ2n) is 10.7. The van der Waals surface area contributed by atoms with Gasteiger partial charge in [0.15, 0.2) is 0 Å². The van der Waals surface area contributed by atoms with Crippen LogP contribution < -0.4 is 10.1 Å². The number of amides is 2. The molecule has 0 unspecified atom stereocenters. The van der Waals surface area contributed by atoms with E-state index in [-0.39, 0.29) is 42.9 Å². The van der Waals surface area contributed by atoms with E-state index >= 15 is 0 Å². The summed E-state index contributed by atoms with van der Waals surface area (Å²) in [6.45, 7) is 9.78. The molecule has 0 bridgehead atoms. The van der Waals surface area contributed by atoms with Gasteiger partial charge in [-0.1, -0.05) is 18.2 Å². The molecule has 2 amide bonds. The third-order valence-corrected chi connectivity index (χ3v) is 7.95. The van der Waals surface area contributed by atoms with E-state index in [4.69, 9.17) is 4.74 Å². The molecule has 1 aliphatic carbocycles. The molecule has 1 saturated carbocycles. The van der Waals surface area contributed by atoms with Crippen LogP contribution in [0.15, 0.2) is 60.7 Å². The Morgan fingerprint density at radius 1 is 1.00 bits per heavy atom. The summed E-state index contributed by atoms with van der Waals surface area (Å²) in [6.07, 6.45) is 1.61. The number of hydrogen-bond donors (Lipinski definition) is 1. The Balaban J connectivity index is 0.00000353. The molecule has 2 aliphatic rings. The van der Waals surface area contributed by atoms with Gasteiger partial charge in [0.1, 0.15) is 0 Å². The van der Waals surface area contributed by atoms with Crippen molar-refractivity contribution in [2.75, 3.05) is 31.5 Å². The summed E-state index contributed by atoms with van der Waals surface area (Å²) in [5.74, 6) is 0.622. The summed E-state index contributed by atoms with van der Waals surface area (Å²) in [4.78, 5) is 30.7. The number of nitrogens with one attached hydrogen (secondary N) is 1. The quantitative estimate of drug-likeness (QED) is 0.326. The molecule has 7 heteroatoms. The van der Waals surface area contributed by atoms with Crippen molar-refractivity contribution in [3.05, 3.63) is 90.5 Å². The Labute approximate surface area is 255 Å². The summed E-state index contributed by atoms with van der Waals surface area (Å²) in [5, 5.41) is 3.13. The number of carbonyl (C=O) groups excluding carboxylic acids is 2. The molecule has 6 nitrogen and oxygen atoms in total. The van der Waals surface area contributed by atoms with Crippen molar-refractivity contribution in [1.29, 1.82) is 0 Å². The normalized spacial score (nSPS) is 16.4. The molecular formula is C32H35N3O3U. The van der Waals surface area contributed by atoms with Gasteiger partial charge in [0, 0.05) is 48.9 Å². The van der Waals surface area contributed by atoms with Gasteiger partial charge in [0.25, 0.3) is 5.91 Å². The molecule has 1 aliphatic heterocycles. The van der Waals surface area contributed by atoms with Gasteiger partial charge in [0.05, 0.1) is 0 Å². The zero-order valence-electron chi connectivity index (χ0n) is 22.9. The van der Waals surface area contributed by atoms with E-state index in [0.717, 1.165) is 67.0 Å². The Morgan fingerprint density at radius 3 is 2.26 bits per heavy atom. The zero-order chi connectivity index (χ0) is 26.9. The van der Waals surface area contributed by atoms with E-state index in [2.05, 4.69) is 44.2 Å². The Bertz CT molecular complexity index is 1310. The monoisotopic (exact) mass is 747 g/mol. The molecule has 0 aromatic heterocycles. The topological polar surface area (TPSA) is 61.9 Å². The number of rotatable bonds is 7. The van der Waals surface area contributed by atoms with Gasteiger partial charge >= 0.3 is 31.1 Å². The molecule has 0 spiro atoms. The first kappa shape index (κ1) is 29.4. The minimum atomic E-state index is -0.524. The molecule has 5 rings (SSSR count). The van der Waals surface area contributed by atoms with Crippen molar-refractivity contribution in [1.82, 2.24) is 9.80 Å². The SMILES string of the molecule is [CH2-]Oc1[c-]cc(C2(C(=O)Nc3ccc(C)c(-c4ccc(C(=O)N5CCN(C(C)C)CC5)cc4)c3)CC2)cc1.[U+2]. The van der Waals surface area contributed by atoms with Crippen LogP contribution in [0.1, 0.15) is 48.2 Å². The van der Waals surface area contributed by atoms with Crippen LogP contribution >= 0.6 is 0 Å². The van der Waals surface area contributed by atoms with E-state index in [1.54, 1.807) is 6.07 Å². The first-order valence-electron chi connectivity index (χ1n) is 13.3. The van der Waals surface area contributed by atoms with Crippen molar-refractivity contribution in [2.24, 2.45) is 0 Å². The van der Waals surface area contributed by atoms with Crippen molar-refractivity contribution in [2.45, 2.75) is 45.1 Å². The molecule has 1 saturated heterocycles. The Hall–Kier alpha value is -2.59. The van der Waals surface area contributed by atoms with Crippen molar-refractivity contribution in [3.8, 4) is 16.9 Å². The number of carbonyl (C=O) groups is 2. The number of nitrogens with zero attached hydrogens (tertiary/aromatic N) is 2. The minimum absolute atomic E-state index is 0. The molecule has 1 N–H and O–H groups in total. The van der Waals surface area contributed by atoms with Crippen molar-refractivity contribution < 1.29 is 45.4 Å². The standard InChI is InChI=1S/C32H35N3O3.U/c1-22(2)34-17-19-35(20-18-34)30(36)25-8-6-24(7-9-25)29-21-27(12-5-23(29)3)33-31(37)32(15-16-32)26-10-13-28(38-4)14-11-26;/h5-13,21-22H,4,15-20H2,1-3H3,(H,33,37);/q-2;+2. The first-order valence-corrected chi connectivity index (χ1v) is 13.3. The van der Waals surface area contributed by atoms with Crippen LogP contribution in [0.4, 0.5) is 5.69 Å². The molecular weight excluding hydrogens is 712 g/mol. The molecule has 0 radical (unpaired) electrons. The average molecular weight is 748 g/mol. The molecule has 2 fully saturated rings. The Kier molecular flexibility index (Phi) is 9.26. The van der Waals surface area contributed by atoms with E-state index in [0.29, 0.717) is 17.4 Å². The van der Waals surface area contributed by atoms with Gasteiger partial charge in [0.2, 0.25) is 5.91 Å². The number of anilines is 1. The molecule has 200 valence electrons. The van der Waals surface area contributed by atoms with E-state index in [1.807, 2.05) is 59.5 Å². The Morgan fingerprint density at radius 2 is 1.69 bits per heavy atom. The number of ether oxygens (including phenoxy) is 1. The number of benzene rings is 3. The van der Waals surface area contributed by atoms with Crippen LogP contribution in [0, 0.1) is 51.2 Å². The molecule has 3 aromatic carbocycles. The van der Waals surface area contributed by atoms with Gasteiger partial charge in [-0.3, -0.25) is 14.5 Å². The van der Waals surface area contributed by atoms with Gasteiger partial charge in [-0.05, 0) is 80.3 Å². The minimum Gasteiger partial charge on any atom is -0.683 e. The second-order valence-corrected chi connectivity index (χ2v) is 10.7. The van der Waals surface area contributed by atoms with Crippen LogP contribution in [-0.4, -0.2) is 53.8 Å². The maximum atomic E-state index is 13.3. The van der Waals surface area contributed by atoms with Gasteiger partial charge < -0.3 is 15.0 Å². The molecule has 3 aromatic rings. The van der Waals surface area contributed by atoms with Crippen LogP contribution in [-0.2, 0) is 10.2 Å². The average Bonchev–Trinajstić information content (AvgIpc) is 3.76. The van der Waals surface area contributed by atoms with Gasteiger partial charge in [-0.2, -0.15) is 19.2 Å². The van der Waals surface area contributed by atoms with Crippen LogP contribution in [0.2, 0.25) is 0 Å². The fourth-order valence-electron chi connectivity index (χ4n) is 5.25. The summed E-state index contributed by atoms with van der Waals surface area (Å²) in [5.41, 5.74) is 5.02. The summed E-state index contributed by atoms with van der Waals surface area (Å²) < 4.78 is 4.96. The second kappa shape index (κ2) is 12.3. The van der Waals surface area contributed by atoms with E-state index in [9.17, 15) is 9.59 Å². The van der Waals surface area contributed by atoms with Crippen LogP contribution in [0.25, 0.3) is 11.1 Å². The first-order chi connectivity index (χ1) is 18.3. The summed E-state index contributed by atoms with van der Waals surface area (Å²) in [7, 11) is 3.41. The molecule has 0 atom stereocenters. The summed E-state index contributed by atoms with van der Waals surface area (Å²) in [6, 6.07) is 22.8. The number of piperazine rings is 1. The molecule has 39 heavy (non-hydrogen) atoms. The maximum Gasteiger partial charge on any atom is 2.00 e. The summed E-state index contributed by atoms with van der Waals surface area (Å²) >= 11 is 0. The fourth-order valence-corrected chi connectivity index (χ4v) is 5.25. The van der Waals surface area contributed by atoms with Crippen molar-refractivity contribution >= 4 is 17.5 Å². The smallest absolute Gasteiger partial charge is 0.683 e. The molecule has 1 heterocycles. The largest absolute Gasteiger partial charge is 2.00 e. The third kappa shape index (κ3) is 6.27. The fraction of sp³-hybridized carbons (Fsp3) is 0.344. The predicted octanol–water partition coefficient (Wildman–Crippen LogP) is 5.47. The van der Waals surface area contributed by atoms with Crippen molar-refractivity contribution in [3.63, 3.8) is 0 Å². The number of aryl methyl sites for hydroxylation is 1. The van der Waals surface area contributed by atoms with E-state index < -0.39 is 5.41 Å². The van der Waals surface area contributed by atoms with Gasteiger partial charge in [-0.25, -0.2) is 0 Å². The third-order valence-electron chi connectivity index (χ3n) is 7.95. The number of hydrogen-bond acceptors (Lipinski definition) is 4. The predicted molar refractivity (Wildman–Crippen MR) is 150 cm³/mol. The zero-order valence-corrected chi connectivity index (χ0v) is 27.1. The van der Waals surface area contributed by atoms with E-state index in [1.165, 1.54) is 0 Å².